The lowest BCUT2D eigenvalue weighted by molar-refractivity contribution is 0.00578. The normalized spacial score (nSPS) is 23.4. The largest absolute Gasteiger partial charge is 0.496 e. The molecule has 1 amide bonds. The van der Waals surface area contributed by atoms with Crippen LogP contribution in [0.15, 0.2) is 12.3 Å². The Morgan fingerprint density at radius 2 is 1.89 bits per heavy atom. The summed E-state index contributed by atoms with van der Waals surface area (Å²) in [5.41, 5.74) is 1.52. The number of aromatic nitrogens is 1. The quantitative estimate of drug-likeness (QED) is 0.752. The molecule has 6 heteroatoms. The minimum absolute atomic E-state index is 0.115. The van der Waals surface area contributed by atoms with Crippen molar-refractivity contribution >= 4 is 18.5 Å². The Hall–Kier alpha value is -1.40. The zero-order valence-electron chi connectivity index (χ0n) is 11.6. The van der Waals surface area contributed by atoms with Gasteiger partial charge in [-0.15, -0.1) is 0 Å². The minimum Gasteiger partial charge on any atom is -0.399 e. The first-order chi connectivity index (χ1) is 8.80. The molecule has 0 saturated carbocycles. The molecule has 1 N–H and O–H groups in total. The monoisotopic (exact) mass is 260 g/mol. The highest BCUT2D eigenvalue weighted by atomic mass is 16.7. The number of carbonyl (C=O) groups is 1. The maximum atomic E-state index is 11.5. The van der Waals surface area contributed by atoms with Gasteiger partial charge in [0.05, 0.1) is 11.2 Å². The number of nitrogens with zero attached hydrogens (tertiary/aromatic N) is 1. The molecule has 3 rings (SSSR count). The molecule has 3 heterocycles. The summed E-state index contributed by atoms with van der Waals surface area (Å²) in [5.74, 6) is -0.115. The number of hydrogen-bond donors (Lipinski definition) is 1. The summed E-state index contributed by atoms with van der Waals surface area (Å²) in [6.45, 7) is 8.57. The SMILES string of the molecule is CC1(C)OB(c2cnc3c(c2)CNC3=O)OC1(C)C. The van der Waals surface area contributed by atoms with Gasteiger partial charge in [0.2, 0.25) is 0 Å². The predicted molar refractivity (Wildman–Crippen MR) is 71.1 cm³/mol. The van der Waals surface area contributed by atoms with Crippen LogP contribution in [-0.2, 0) is 15.9 Å². The smallest absolute Gasteiger partial charge is 0.399 e. The standard InChI is InChI=1S/C13H17BN2O3/c1-12(2)13(3,4)19-14(18-12)9-5-8-6-16-11(17)10(8)15-7-9/h5,7H,6H2,1-4H3,(H,16,17). The summed E-state index contributed by atoms with van der Waals surface area (Å²) >= 11 is 0. The molecule has 100 valence electrons. The molecular formula is C13H17BN2O3. The molecule has 1 aromatic heterocycles. The van der Waals surface area contributed by atoms with Crippen molar-refractivity contribution in [3.8, 4) is 0 Å². The summed E-state index contributed by atoms with van der Waals surface area (Å²) < 4.78 is 11.9. The summed E-state index contributed by atoms with van der Waals surface area (Å²) in [6.07, 6.45) is 1.66. The summed E-state index contributed by atoms with van der Waals surface area (Å²) in [4.78, 5) is 15.7. The first-order valence-corrected chi connectivity index (χ1v) is 6.43. The molecule has 0 unspecified atom stereocenters. The van der Waals surface area contributed by atoms with Crippen LogP contribution in [0.25, 0.3) is 0 Å². The van der Waals surface area contributed by atoms with E-state index >= 15 is 0 Å². The van der Waals surface area contributed by atoms with Crippen molar-refractivity contribution < 1.29 is 14.1 Å². The van der Waals surface area contributed by atoms with Crippen molar-refractivity contribution in [2.75, 3.05) is 0 Å². The van der Waals surface area contributed by atoms with Gasteiger partial charge in [-0.1, -0.05) is 6.07 Å². The molecule has 1 aromatic rings. The van der Waals surface area contributed by atoms with Crippen molar-refractivity contribution in [2.24, 2.45) is 0 Å². The highest BCUT2D eigenvalue weighted by Crippen LogP contribution is 2.36. The number of rotatable bonds is 1. The third kappa shape index (κ3) is 1.86. The number of amides is 1. The first-order valence-electron chi connectivity index (χ1n) is 6.43. The van der Waals surface area contributed by atoms with Gasteiger partial charge in [-0.05, 0) is 27.7 Å². The molecule has 5 nitrogen and oxygen atoms in total. The molecule has 0 bridgehead atoms. The highest BCUT2D eigenvalue weighted by Gasteiger charge is 2.52. The van der Waals surface area contributed by atoms with Crippen LogP contribution in [-0.4, -0.2) is 29.2 Å². The predicted octanol–water partition coefficient (Wildman–Crippen LogP) is 0.624. The Morgan fingerprint density at radius 1 is 1.26 bits per heavy atom. The lowest BCUT2D eigenvalue weighted by atomic mass is 9.79. The molecule has 1 saturated heterocycles. The molecule has 19 heavy (non-hydrogen) atoms. The second kappa shape index (κ2) is 3.80. The van der Waals surface area contributed by atoms with Gasteiger partial charge < -0.3 is 14.6 Å². The Labute approximate surface area is 112 Å². The number of hydrogen-bond acceptors (Lipinski definition) is 4. The van der Waals surface area contributed by atoms with Crippen LogP contribution >= 0.6 is 0 Å². The molecule has 0 radical (unpaired) electrons. The summed E-state index contributed by atoms with van der Waals surface area (Å²) in [5, 5.41) is 2.75. The van der Waals surface area contributed by atoms with Crippen LogP contribution in [0.3, 0.4) is 0 Å². The Balaban J connectivity index is 1.91. The topological polar surface area (TPSA) is 60.5 Å². The van der Waals surface area contributed by atoms with E-state index in [1.54, 1.807) is 6.20 Å². The Kier molecular flexibility index (Phi) is 2.53. The van der Waals surface area contributed by atoms with Crippen LogP contribution in [0.2, 0.25) is 0 Å². The summed E-state index contributed by atoms with van der Waals surface area (Å²) in [6, 6.07) is 1.93. The maximum Gasteiger partial charge on any atom is 0.496 e. The second-order valence-electron chi connectivity index (χ2n) is 6.05. The van der Waals surface area contributed by atoms with Gasteiger partial charge in [0, 0.05) is 23.8 Å². The molecule has 0 spiro atoms. The molecule has 2 aliphatic rings. The zero-order valence-corrected chi connectivity index (χ0v) is 11.6. The van der Waals surface area contributed by atoms with Gasteiger partial charge in [-0.2, -0.15) is 0 Å². The van der Waals surface area contributed by atoms with Crippen molar-refractivity contribution in [2.45, 2.75) is 45.4 Å². The number of nitrogens with one attached hydrogen (secondary N) is 1. The van der Waals surface area contributed by atoms with E-state index < -0.39 is 7.12 Å². The van der Waals surface area contributed by atoms with Gasteiger partial charge >= 0.3 is 7.12 Å². The van der Waals surface area contributed by atoms with E-state index in [0.717, 1.165) is 11.0 Å². The molecular weight excluding hydrogens is 243 g/mol. The number of carbonyl (C=O) groups excluding carboxylic acids is 1. The zero-order chi connectivity index (χ0) is 13.8. The van der Waals surface area contributed by atoms with Crippen LogP contribution in [0.5, 0.6) is 0 Å². The average Bonchev–Trinajstić information content (AvgIpc) is 2.78. The fourth-order valence-electron chi connectivity index (χ4n) is 2.24. The number of fused-ring (bicyclic) bond motifs is 1. The molecule has 2 aliphatic heterocycles. The van der Waals surface area contributed by atoms with E-state index in [1.165, 1.54) is 0 Å². The lowest BCUT2D eigenvalue weighted by Gasteiger charge is -2.32. The fraction of sp³-hybridized carbons (Fsp3) is 0.538. The maximum absolute atomic E-state index is 11.5. The van der Waals surface area contributed by atoms with Crippen molar-refractivity contribution in [3.05, 3.63) is 23.5 Å². The van der Waals surface area contributed by atoms with E-state index in [9.17, 15) is 4.79 Å². The first kappa shape index (κ1) is 12.6. The fourth-order valence-corrected chi connectivity index (χ4v) is 2.24. The van der Waals surface area contributed by atoms with Crippen molar-refractivity contribution in [1.29, 1.82) is 0 Å². The molecule has 1 fully saturated rings. The molecule has 0 aromatic carbocycles. The average molecular weight is 260 g/mol. The Morgan fingerprint density at radius 3 is 2.53 bits per heavy atom. The van der Waals surface area contributed by atoms with E-state index in [1.807, 2.05) is 33.8 Å². The van der Waals surface area contributed by atoms with Crippen molar-refractivity contribution in [1.82, 2.24) is 10.3 Å². The third-order valence-electron chi connectivity index (χ3n) is 4.17. The van der Waals surface area contributed by atoms with E-state index in [4.69, 9.17) is 9.31 Å². The van der Waals surface area contributed by atoms with Crippen LogP contribution < -0.4 is 10.8 Å². The van der Waals surface area contributed by atoms with Gasteiger partial charge in [-0.3, -0.25) is 9.78 Å². The minimum atomic E-state index is -0.432. The lowest BCUT2D eigenvalue weighted by Crippen LogP contribution is -2.41. The molecule has 0 atom stereocenters. The van der Waals surface area contributed by atoms with E-state index in [0.29, 0.717) is 12.2 Å². The molecule has 0 aliphatic carbocycles. The van der Waals surface area contributed by atoms with Crippen LogP contribution in [0.4, 0.5) is 0 Å². The van der Waals surface area contributed by atoms with Gasteiger partial charge in [-0.25, -0.2) is 0 Å². The second-order valence-corrected chi connectivity index (χ2v) is 6.05. The van der Waals surface area contributed by atoms with Crippen molar-refractivity contribution in [3.63, 3.8) is 0 Å². The Bertz CT molecular complexity index is 541. The van der Waals surface area contributed by atoms with E-state index in [2.05, 4.69) is 10.3 Å². The van der Waals surface area contributed by atoms with Crippen LogP contribution in [0.1, 0.15) is 43.7 Å². The van der Waals surface area contributed by atoms with Gasteiger partial charge in [0.25, 0.3) is 5.91 Å². The third-order valence-corrected chi connectivity index (χ3v) is 4.17. The summed E-state index contributed by atoms with van der Waals surface area (Å²) in [7, 11) is -0.432. The van der Waals surface area contributed by atoms with E-state index in [-0.39, 0.29) is 17.1 Å². The van der Waals surface area contributed by atoms with Gasteiger partial charge in [0.15, 0.2) is 0 Å². The van der Waals surface area contributed by atoms with Gasteiger partial charge in [0.1, 0.15) is 5.69 Å². The van der Waals surface area contributed by atoms with Crippen LogP contribution in [0, 0.1) is 0 Å². The number of pyridine rings is 1. The highest BCUT2D eigenvalue weighted by molar-refractivity contribution is 6.62.